The molecule has 2 aromatic heterocycles. The largest absolute Gasteiger partial charge is 0.245 e. The van der Waals surface area contributed by atoms with Crippen molar-refractivity contribution in [3.8, 4) is 10.6 Å². The van der Waals surface area contributed by atoms with E-state index in [1.54, 1.807) is 11.3 Å². The zero-order chi connectivity index (χ0) is 13.5. The lowest BCUT2D eigenvalue weighted by atomic mass is 9.83. The third-order valence-corrected chi connectivity index (χ3v) is 5.18. The molecule has 0 aliphatic heterocycles. The van der Waals surface area contributed by atoms with E-state index >= 15 is 0 Å². The second-order valence-corrected chi connectivity index (χ2v) is 6.37. The quantitative estimate of drug-likeness (QED) is 0.659. The van der Waals surface area contributed by atoms with Crippen molar-refractivity contribution in [2.45, 2.75) is 25.2 Å². The number of fused-ring (bicyclic) bond motifs is 1. The first-order chi connectivity index (χ1) is 9.83. The maximum atomic E-state index is 6.51. The van der Waals surface area contributed by atoms with Crippen molar-refractivity contribution in [2.75, 3.05) is 0 Å². The molecule has 1 aliphatic carbocycles. The van der Waals surface area contributed by atoms with Crippen LogP contribution in [0.4, 0.5) is 0 Å². The normalized spacial score (nSPS) is 15.4. The Bertz CT molecular complexity index is 777. The van der Waals surface area contributed by atoms with Gasteiger partial charge in [0.1, 0.15) is 11.2 Å². The van der Waals surface area contributed by atoms with Crippen LogP contribution in [0.5, 0.6) is 0 Å². The van der Waals surface area contributed by atoms with Crippen LogP contribution < -0.4 is 0 Å². The fourth-order valence-corrected chi connectivity index (χ4v) is 3.74. The molecule has 1 fully saturated rings. The molecule has 3 aromatic rings. The molecule has 1 aliphatic rings. The number of benzene rings is 1. The predicted octanol–water partition coefficient (Wildman–Crippen LogP) is 5.08. The van der Waals surface area contributed by atoms with E-state index in [4.69, 9.17) is 16.6 Å². The summed E-state index contributed by atoms with van der Waals surface area (Å²) in [6.45, 7) is 0. The Balaban J connectivity index is 1.81. The van der Waals surface area contributed by atoms with Crippen LogP contribution in [0.15, 0.2) is 29.6 Å². The molecule has 1 saturated carbocycles. The molecule has 20 heavy (non-hydrogen) atoms. The number of pyridine rings is 1. The Morgan fingerprint density at radius 1 is 1.25 bits per heavy atom. The van der Waals surface area contributed by atoms with E-state index < -0.39 is 0 Å². The molecule has 1 aromatic carbocycles. The first-order valence-corrected chi connectivity index (χ1v) is 8.00. The number of para-hydroxylation sites is 1. The van der Waals surface area contributed by atoms with Gasteiger partial charge in [0.25, 0.3) is 0 Å². The molecule has 0 amide bonds. The van der Waals surface area contributed by atoms with Crippen LogP contribution in [0.1, 0.15) is 30.9 Å². The second-order valence-electron chi connectivity index (χ2n) is 5.14. The molecule has 4 heteroatoms. The van der Waals surface area contributed by atoms with Gasteiger partial charge in [-0.3, -0.25) is 0 Å². The summed E-state index contributed by atoms with van der Waals surface area (Å²) >= 11 is 8.14. The van der Waals surface area contributed by atoms with Gasteiger partial charge >= 0.3 is 0 Å². The van der Waals surface area contributed by atoms with Crippen LogP contribution in [0.25, 0.3) is 21.5 Å². The first kappa shape index (κ1) is 12.3. The van der Waals surface area contributed by atoms with Crippen molar-refractivity contribution in [1.82, 2.24) is 9.97 Å². The Kier molecular flexibility index (Phi) is 2.97. The molecule has 4 rings (SSSR count). The summed E-state index contributed by atoms with van der Waals surface area (Å²) in [6.07, 6.45) is 6.89. The van der Waals surface area contributed by atoms with E-state index in [-0.39, 0.29) is 0 Å². The van der Waals surface area contributed by atoms with Crippen molar-refractivity contribution in [3.63, 3.8) is 0 Å². The van der Waals surface area contributed by atoms with Crippen LogP contribution in [-0.2, 0) is 0 Å². The topological polar surface area (TPSA) is 25.8 Å². The standard InChI is InChI=1S/C16H12ClN2S/c17-15-11-6-1-2-7-13(11)18-8-12(15)16-19-14(9-20-16)10-4-3-5-10/h1-2,6-7,9-10H,3-5H2. The van der Waals surface area contributed by atoms with E-state index in [1.165, 1.54) is 25.0 Å². The lowest BCUT2D eigenvalue weighted by Gasteiger charge is -2.22. The summed E-state index contributed by atoms with van der Waals surface area (Å²) < 4.78 is 0. The van der Waals surface area contributed by atoms with E-state index in [9.17, 15) is 0 Å². The second kappa shape index (κ2) is 4.83. The minimum atomic E-state index is 0.646. The highest BCUT2D eigenvalue weighted by molar-refractivity contribution is 7.13. The fourth-order valence-electron chi connectivity index (χ4n) is 2.49. The smallest absolute Gasteiger partial charge is 0.127 e. The van der Waals surface area contributed by atoms with Gasteiger partial charge in [0.15, 0.2) is 0 Å². The van der Waals surface area contributed by atoms with Crippen LogP contribution in [0, 0.1) is 6.20 Å². The van der Waals surface area contributed by atoms with E-state index in [2.05, 4.69) is 16.6 Å². The number of halogens is 1. The molecular weight excluding hydrogens is 288 g/mol. The number of nitrogens with zero attached hydrogens (tertiary/aromatic N) is 2. The minimum Gasteiger partial charge on any atom is -0.245 e. The van der Waals surface area contributed by atoms with Crippen molar-refractivity contribution >= 4 is 33.8 Å². The van der Waals surface area contributed by atoms with Gasteiger partial charge in [-0.1, -0.05) is 36.2 Å². The molecule has 99 valence electrons. The summed E-state index contributed by atoms with van der Waals surface area (Å²) in [4.78, 5) is 9.10. The van der Waals surface area contributed by atoms with Gasteiger partial charge in [-0.05, 0) is 18.9 Å². The summed E-state index contributed by atoms with van der Waals surface area (Å²) in [5.41, 5.74) is 2.90. The molecule has 0 spiro atoms. The Hall–Kier alpha value is -1.45. The fraction of sp³-hybridized carbons (Fsp3) is 0.250. The minimum absolute atomic E-state index is 0.646. The first-order valence-electron chi connectivity index (χ1n) is 6.74. The number of aromatic nitrogens is 2. The monoisotopic (exact) mass is 299 g/mol. The average Bonchev–Trinajstić information content (AvgIpc) is 2.86. The van der Waals surface area contributed by atoms with Gasteiger partial charge in [-0.2, -0.15) is 0 Å². The summed E-state index contributed by atoms with van der Waals surface area (Å²) in [5.74, 6) is 0.646. The van der Waals surface area contributed by atoms with Gasteiger partial charge in [0.2, 0.25) is 0 Å². The molecule has 0 bridgehead atoms. The van der Waals surface area contributed by atoms with Gasteiger partial charge in [0.05, 0.1) is 21.8 Å². The van der Waals surface area contributed by atoms with Crippen molar-refractivity contribution < 1.29 is 0 Å². The molecule has 0 unspecified atom stereocenters. The molecule has 0 saturated heterocycles. The molecule has 0 N–H and O–H groups in total. The molecule has 0 atom stereocenters. The van der Waals surface area contributed by atoms with Crippen LogP contribution in [0.2, 0.25) is 5.02 Å². The Morgan fingerprint density at radius 2 is 2.10 bits per heavy atom. The van der Waals surface area contributed by atoms with Crippen molar-refractivity contribution in [1.29, 1.82) is 0 Å². The van der Waals surface area contributed by atoms with E-state index in [1.807, 2.05) is 24.3 Å². The SMILES string of the molecule is Clc1c(-c2nc(C3CCC3)cs2)[c]nc2ccccc12. The predicted molar refractivity (Wildman–Crippen MR) is 83.3 cm³/mol. The van der Waals surface area contributed by atoms with Gasteiger partial charge in [0, 0.05) is 16.7 Å². The molecular formula is C16H12ClN2S. The van der Waals surface area contributed by atoms with Crippen molar-refractivity contribution in [3.05, 3.63) is 46.6 Å². The zero-order valence-corrected chi connectivity index (χ0v) is 12.3. The number of hydrogen-bond acceptors (Lipinski definition) is 3. The van der Waals surface area contributed by atoms with Crippen LogP contribution >= 0.6 is 22.9 Å². The maximum Gasteiger partial charge on any atom is 0.127 e. The molecule has 2 nitrogen and oxygen atoms in total. The lowest BCUT2D eigenvalue weighted by molar-refractivity contribution is 0.413. The molecule has 1 radical (unpaired) electrons. The third kappa shape index (κ3) is 1.93. The zero-order valence-electron chi connectivity index (χ0n) is 10.8. The number of rotatable bonds is 2. The van der Waals surface area contributed by atoms with Crippen molar-refractivity contribution in [2.24, 2.45) is 0 Å². The Labute approximate surface area is 126 Å². The number of hydrogen-bond donors (Lipinski definition) is 0. The lowest BCUT2D eigenvalue weighted by Crippen LogP contribution is -2.08. The van der Waals surface area contributed by atoms with Gasteiger partial charge < -0.3 is 0 Å². The van der Waals surface area contributed by atoms with Crippen LogP contribution in [0.3, 0.4) is 0 Å². The van der Waals surface area contributed by atoms with E-state index in [0.717, 1.165) is 21.5 Å². The summed E-state index contributed by atoms with van der Waals surface area (Å²) in [5, 5.41) is 4.74. The highest BCUT2D eigenvalue weighted by atomic mass is 35.5. The van der Waals surface area contributed by atoms with E-state index in [0.29, 0.717) is 10.9 Å². The van der Waals surface area contributed by atoms with Gasteiger partial charge in [-0.15, -0.1) is 11.3 Å². The maximum absolute atomic E-state index is 6.51. The average molecular weight is 300 g/mol. The highest BCUT2D eigenvalue weighted by Gasteiger charge is 2.23. The summed E-state index contributed by atoms with van der Waals surface area (Å²) in [6, 6.07) is 7.87. The summed E-state index contributed by atoms with van der Waals surface area (Å²) in [7, 11) is 0. The van der Waals surface area contributed by atoms with Crippen LogP contribution in [-0.4, -0.2) is 9.97 Å². The highest BCUT2D eigenvalue weighted by Crippen LogP contribution is 2.40. The molecule has 2 heterocycles. The Morgan fingerprint density at radius 3 is 2.90 bits per heavy atom. The third-order valence-electron chi connectivity index (χ3n) is 3.91. The number of thiazole rings is 1. The van der Waals surface area contributed by atoms with Gasteiger partial charge in [-0.25, -0.2) is 9.97 Å².